The smallest absolute Gasteiger partial charge is 0.202 e. The fraction of sp³-hybridized carbons (Fsp3) is 0.357. The maximum Gasteiger partial charge on any atom is 0.202 e. The summed E-state index contributed by atoms with van der Waals surface area (Å²) in [6.07, 6.45) is 0.715. The molecule has 1 saturated carbocycles. The van der Waals surface area contributed by atoms with Crippen LogP contribution in [0.3, 0.4) is 0 Å². The molecule has 0 saturated heterocycles. The van der Waals surface area contributed by atoms with Gasteiger partial charge in [-0.15, -0.1) is 0 Å². The Morgan fingerprint density at radius 3 is 2.60 bits per heavy atom. The molecule has 1 aromatic heterocycles. The number of aromatic nitrogens is 1. The molecule has 1 aliphatic carbocycles. The minimum atomic E-state index is -1.17. The molecule has 0 radical (unpaired) electrons. The van der Waals surface area contributed by atoms with Gasteiger partial charge in [0.2, 0.25) is 5.82 Å². The molecule has 106 valence electrons. The average Bonchev–Trinajstić information content (AvgIpc) is 3.13. The van der Waals surface area contributed by atoms with Crippen molar-refractivity contribution >= 4 is 10.9 Å². The SMILES string of the molecule is COc1c(F)c(F)cc2c(=O)c(C)cn([C@@H]3C[C@@H]3F)c12. The van der Waals surface area contributed by atoms with Crippen molar-refractivity contribution in [3.8, 4) is 5.75 Å². The Morgan fingerprint density at radius 2 is 2.05 bits per heavy atom. The number of methoxy groups -OCH3 is 1. The van der Waals surface area contributed by atoms with Crippen molar-refractivity contribution in [3.05, 3.63) is 39.7 Å². The lowest BCUT2D eigenvalue weighted by atomic mass is 10.1. The standard InChI is InChI=1S/C14H12F3NO2/c1-6-5-18(10-4-8(10)15)12-7(13(6)19)3-9(16)11(17)14(12)20-2/h3,5,8,10H,4H2,1-2H3/t8-,10+/m0/s1. The number of pyridine rings is 1. The van der Waals surface area contributed by atoms with Gasteiger partial charge >= 0.3 is 0 Å². The van der Waals surface area contributed by atoms with E-state index in [0.29, 0.717) is 12.0 Å². The zero-order valence-electron chi connectivity index (χ0n) is 10.9. The minimum Gasteiger partial charge on any atom is -0.491 e. The zero-order chi connectivity index (χ0) is 14.6. The van der Waals surface area contributed by atoms with Gasteiger partial charge in [0.05, 0.1) is 24.1 Å². The predicted molar refractivity (Wildman–Crippen MR) is 68.0 cm³/mol. The predicted octanol–water partition coefficient (Wildman–Crippen LogP) is 2.88. The van der Waals surface area contributed by atoms with Gasteiger partial charge in [0.1, 0.15) is 6.17 Å². The summed E-state index contributed by atoms with van der Waals surface area (Å²) in [7, 11) is 1.19. The molecule has 2 aromatic rings. The molecule has 0 amide bonds. The number of rotatable bonds is 2. The van der Waals surface area contributed by atoms with Gasteiger partial charge in [0, 0.05) is 18.2 Å². The van der Waals surface area contributed by atoms with E-state index in [1.165, 1.54) is 17.9 Å². The van der Waals surface area contributed by atoms with E-state index in [-0.39, 0.29) is 16.7 Å². The molecular formula is C14H12F3NO2. The van der Waals surface area contributed by atoms with Gasteiger partial charge < -0.3 is 9.30 Å². The molecule has 3 rings (SSSR count). The van der Waals surface area contributed by atoms with Crippen molar-refractivity contribution in [3.63, 3.8) is 0 Å². The first kappa shape index (κ1) is 13.0. The van der Waals surface area contributed by atoms with E-state index in [0.717, 1.165) is 6.07 Å². The summed E-state index contributed by atoms with van der Waals surface area (Å²) < 4.78 is 47.1. The summed E-state index contributed by atoms with van der Waals surface area (Å²) in [6.45, 7) is 1.56. The highest BCUT2D eigenvalue weighted by Gasteiger charge is 2.40. The van der Waals surface area contributed by atoms with Crippen LogP contribution >= 0.6 is 0 Å². The first-order valence-corrected chi connectivity index (χ1v) is 6.17. The summed E-state index contributed by atoms with van der Waals surface area (Å²) in [5.74, 6) is -2.69. The van der Waals surface area contributed by atoms with Crippen LogP contribution in [0.5, 0.6) is 5.75 Å². The quantitative estimate of drug-likeness (QED) is 0.848. The summed E-state index contributed by atoms with van der Waals surface area (Å²) in [5, 5.41) is -0.000139. The van der Waals surface area contributed by atoms with Gasteiger partial charge in [-0.2, -0.15) is 4.39 Å². The lowest BCUT2D eigenvalue weighted by Crippen LogP contribution is -2.14. The number of halogens is 3. The Balaban J connectivity index is 2.48. The van der Waals surface area contributed by atoms with E-state index in [9.17, 15) is 18.0 Å². The van der Waals surface area contributed by atoms with Gasteiger partial charge in [0.25, 0.3) is 0 Å². The summed E-state index contributed by atoms with van der Waals surface area (Å²) in [4.78, 5) is 12.1. The molecule has 0 aliphatic heterocycles. The molecular weight excluding hydrogens is 271 g/mol. The molecule has 0 N–H and O–H groups in total. The first-order valence-electron chi connectivity index (χ1n) is 6.17. The second-order valence-electron chi connectivity index (χ2n) is 4.97. The highest BCUT2D eigenvalue weighted by Crippen LogP contribution is 2.42. The van der Waals surface area contributed by atoms with E-state index in [2.05, 4.69) is 0 Å². The van der Waals surface area contributed by atoms with Gasteiger partial charge in [-0.1, -0.05) is 0 Å². The van der Waals surface area contributed by atoms with Gasteiger partial charge in [-0.05, 0) is 13.0 Å². The van der Waals surface area contributed by atoms with Crippen LogP contribution < -0.4 is 10.2 Å². The molecule has 0 unspecified atom stereocenters. The van der Waals surface area contributed by atoms with Crippen molar-refractivity contribution in [2.75, 3.05) is 7.11 Å². The molecule has 20 heavy (non-hydrogen) atoms. The van der Waals surface area contributed by atoms with Crippen LogP contribution in [0.4, 0.5) is 13.2 Å². The van der Waals surface area contributed by atoms with E-state index >= 15 is 0 Å². The number of benzene rings is 1. The van der Waals surface area contributed by atoms with Crippen LogP contribution in [0.1, 0.15) is 18.0 Å². The molecule has 0 spiro atoms. The van der Waals surface area contributed by atoms with Crippen LogP contribution in [-0.2, 0) is 0 Å². The molecule has 0 bridgehead atoms. The molecule has 6 heteroatoms. The Morgan fingerprint density at radius 1 is 1.40 bits per heavy atom. The van der Waals surface area contributed by atoms with E-state index in [4.69, 9.17) is 4.74 Å². The third-order valence-corrected chi connectivity index (χ3v) is 3.59. The van der Waals surface area contributed by atoms with Crippen LogP contribution in [0, 0.1) is 18.6 Å². The van der Waals surface area contributed by atoms with Crippen LogP contribution in [0.15, 0.2) is 17.1 Å². The number of hydrogen-bond acceptors (Lipinski definition) is 2. The summed E-state index contributed by atoms with van der Waals surface area (Å²) >= 11 is 0. The fourth-order valence-corrected chi connectivity index (χ4v) is 2.45. The minimum absolute atomic E-state index is 0.000139. The molecule has 1 aromatic carbocycles. The van der Waals surface area contributed by atoms with Crippen molar-refractivity contribution in [1.82, 2.24) is 4.57 Å². The van der Waals surface area contributed by atoms with Crippen molar-refractivity contribution < 1.29 is 17.9 Å². The molecule has 1 heterocycles. The van der Waals surface area contributed by atoms with E-state index in [1.807, 2.05) is 0 Å². The number of alkyl halides is 1. The highest BCUT2D eigenvalue weighted by molar-refractivity contribution is 5.86. The van der Waals surface area contributed by atoms with Crippen molar-refractivity contribution in [2.24, 2.45) is 0 Å². The summed E-state index contributed by atoms with van der Waals surface area (Å²) in [5.41, 5.74) is 0.0429. The Kier molecular flexibility index (Phi) is 2.77. The highest BCUT2D eigenvalue weighted by atomic mass is 19.2. The molecule has 1 aliphatic rings. The largest absolute Gasteiger partial charge is 0.491 e. The first-order chi connectivity index (χ1) is 9.45. The number of ether oxygens (including phenoxy) is 1. The zero-order valence-corrected chi connectivity index (χ0v) is 10.9. The number of aryl methyl sites for hydroxylation is 1. The monoisotopic (exact) mass is 283 g/mol. The van der Waals surface area contributed by atoms with Gasteiger partial charge in [-0.25, -0.2) is 8.78 Å². The van der Waals surface area contributed by atoms with Crippen LogP contribution in [-0.4, -0.2) is 17.8 Å². The Bertz CT molecular complexity index is 769. The lowest BCUT2D eigenvalue weighted by Gasteiger charge is -2.15. The maximum atomic E-state index is 13.8. The van der Waals surface area contributed by atoms with Crippen LogP contribution in [0.2, 0.25) is 0 Å². The topological polar surface area (TPSA) is 31.2 Å². The van der Waals surface area contributed by atoms with Gasteiger partial charge in [-0.3, -0.25) is 4.79 Å². The van der Waals surface area contributed by atoms with Crippen molar-refractivity contribution in [1.29, 1.82) is 0 Å². The number of nitrogens with zero attached hydrogens (tertiary/aromatic N) is 1. The second-order valence-corrected chi connectivity index (χ2v) is 4.97. The van der Waals surface area contributed by atoms with Crippen molar-refractivity contribution in [2.45, 2.75) is 25.6 Å². The molecule has 2 atom stereocenters. The molecule has 3 nitrogen and oxygen atoms in total. The third-order valence-electron chi connectivity index (χ3n) is 3.59. The van der Waals surface area contributed by atoms with E-state index < -0.39 is 29.3 Å². The number of fused-ring (bicyclic) bond motifs is 1. The second kappa shape index (κ2) is 4.26. The van der Waals surface area contributed by atoms with Crippen LogP contribution in [0.25, 0.3) is 10.9 Å². The molecule has 1 fully saturated rings. The van der Waals surface area contributed by atoms with E-state index in [1.54, 1.807) is 6.92 Å². The fourth-order valence-electron chi connectivity index (χ4n) is 2.45. The maximum absolute atomic E-state index is 13.8. The Labute approximate surface area is 112 Å². The average molecular weight is 283 g/mol. The number of hydrogen-bond donors (Lipinski definition) is 0. The summed E-state index contributed by atoms with van der Waals surface area (Å²) in [6, 6.07) is 0.379. The Hall–Kier alpha value is -1.98. The van der Waals surface area contributed by atoms with Gasteiger partial charge in [0.15, 0.2) is 17.0 Å². The normalized spacial score (nSPS) is 21.2. The lowest BCUT2D eigenvalue weighted by molar-refractivity contribution is 0.373. The third kappa shape index (κ3) is 1.71.